The molecular formula is C11H16FNO2S. The van der Waals surface area contributed by atoms with Gasteiger partial charge in [-0.2, -0.15) is 0 Å². The quantitative estimate of drug-likeness (QED) is 0.886. The number of rotatable bonds is 3. The number of halogens is 1. The standard InChI is InChI=1S/C11H16FNO2S/c1-5-13-16(14,15)11-8(3)6-7(2)10(12)9(11)4/h6,13H,5H2,1-4H3. The summed E-state index contributed by atoms with van der Waals surface area (Å²) in [4.78, 5) is 0.0532. The number of nitrogens with one attached hydrogen (secondary N) is 1. The van der Waals surface area contributed by atoms with Gasteiger partial charge in [-0.25, -0.2) is 17.5 Å². The minimum atomic E-state index is -3.60. The van der Waals surface area contributed by atoms with Gasteiger partial charge in [-0.1, -0.05) is 13.0 Å². The topological polar surface area (TPSA) is 46.2 Å². The van der Waals surface area contributed by atoms with E-state index in [4.69, 9.17) is 0 Å². The monoisotopic (exact) mass is 245 g/mol. The Morgan fingerprint density at radius 2 is 1.81 bits per heavy atom. The molecule has 0 radical (unpaired) electrons. The lowest BCUT2D eigenvalue weighted by molar-refractivity contribution is 0.573. The van der Waals surface area contributed by atoms with Gasteiger partial charge in [-0.3, -0.25) is 0 Å². The molecule has 0 aliphatic heterocycles. The SMILES string of the molecule is CCNS(=O)(=O)c1c(C)cc(C)c(F)c1C. The van der Waals surface area contributed by atoms with Crippen LogP contribution in [0.2, 0.25) is 0 Å². The van der Waals surface area contributed by atoms with Crippen molar-refractivity contribution in [1.82, 2.24) is 4.72 Å². The molecule has 0 spiro atoms. The predicted octanol–water partition coefficient (Wildman–Crippen LogP) is 2.05. The van der Waals surface area contributed by atoms with Crippen molar-refractivity contribution in [3.05, 3.63) is 28.6 Å². The van der Waals surface area contributed by atoms with Gasteiger partial charge >= 0.3 is 0 Å². The first-order valence-electron chi connectivity index (χ1n) is 5.07. The molecular weight excluding hydrogens is 229 g/mol. The Labute approximate surface area is 95.7 Å². The third-order valence-electron chi connectivity index (χ3n) is 2.41. The van der Waals surface area contributed by atoms with Gasteiger partial charge in [0.25, 0.3) is 0 Å². The van der Waals surface area contributed by atoms with Gasteiger partial charge in [-0.05, 0) is 31.9 Å². The summed E-state index contributed by atoms with van der Waals surface area (Å²) < 4.78 is 39.7. The highest BCUT2D eigenvalue weighted by atomic mass is 32.2. The molecule has 1 aromatic carbocycles. The van der Waals surface area contributed by atoms with Crippen LogP contribution in [0.3, 0.4) is 0 Å². The van der Waals surface area contributed by atoms with Crippen LogP contribution < -0.4 is 4.72 Å². The first-order chi connectivity index (χ1) is 7.31. The zero-order valence-electron chi connectivity index (χ0n) is 9.89. The van der Waals surface area contributed by atoms with Gasteiger partial charge in [0.05, 0.1) is 4.90 Å². The van der Waals surface area contributed by atoms with Gasteiger partial charge in [0.1, 0.15) is 5.82 Å². The van der Waals surface area contributed by atoms with E-state index in [9.17, 15) is 12.8 Å². The Kier molecular flexibility index (Phi) is 3.70. The Hall–Kier alpha value is -0.940. The maximum Gasteiger partial charge on any atom is 0.241 e. The van der Waals surface area contributed by atoms with Gasteiger partial charge in [-0.15, -0.1) is 0 Å². The average Bonchev–Trinajstić information content (AvgIpc) is 2.13. The van der Waals surface area contributed by atoms with Crippen molar-refractivity contribution in [2.75, 3.05) is 6.54 Å². The van der Waals surface area contributed by atoms with E-state index in [1.54, 1.807) is 26.8 Å². The van der Waals surface area contributed by atoms with Crippen LogP contribution in [-0.4, -0.2) is 15.0 Å². The molecule has 0 saturated carbocycles. The molecule has 0 atom stereocenters. The second-order valence-corrected chi connectivity index (χ2v) is 5.48. The summed E-state index contributed by atoms with van der Waals surface area (Å²) in [5.41, 5.74) is 1.21. The summed E-state index contributed by atoms with van der Waals surface area (Å²) >= 11 is 0. The maximum atomic E-state index is 13.6. The smallest absolute Gasteiger partial charge is 0.211 e. The summed E-state index contributed by atoms with van der Waals surface area (Å²) in [7, 11) is -3.60. The van der Waals surface area contributed by atoms with E-state index >= 15 is 0 Å². The van der Waals surface area contributed by atoms with E-state index in [0.717, 1.165) is 0 Å². The molecule has 0 amide bonds. The zero-order valence-corrected chi connectivity index (χ0v) is 10.7. The highest BCUT2D eigenvalue weighted by Gasteiger charge is 2.21. The molecule has 0 aromatic heterocycles. The minimum Gasteiger partial charge on any atom is -0.211 e. The molecule has 16 heavy (non-hydrogen) atoms. The Morgan fingerprint density at radius 3 is 2.31 bits per heavy atom. The first-order valence-corrected chi connectivity index (χ1v) is 6.55. The fourth-order valence-corrected chi connectivity index (χ4v) is 3.32. The summed E-state index contributed by atoms with van der Waals surface area (Å²) in [6.07, 6.45) is 0. The van der Waals surface area contributed by atoms with Gasteiger partial charge in [0.2, 0.25) is 10.0 Å². The lowest BCUT2D eigenvalue weighted by Crippen LogP contribution is -2.25. The van der Waals surface area contributed by atoms with Crippen molar-refractivity contribution in [1.29, 1.82) is 0 Å². The van der Waals surface area contributed by atoms with Crippen LogP contribution in [0.25, 0.3) is 0 Å². The number of hydrogen-bond acceptors (Lipinski definition) is 2. The fourth-order valence-electron chi connectivity index (χ4n) is 1.82. The number of hydrogen-bond donors (Lipinski definition) is 1. The largest absolute Gasteiger partial charge is 0.241 e. The van der Waals surface area contributed by atoms with E-state index < -0.39 is 15.8 Å². The van der Waals surface area contributed by atoms with Crippen molar-refractivity contribution in [3.63, 3.8) is 0 Å². The van der Waals surface area contributed by atoms with Gasteiger partial charge < -0.3 is 0 Å². The molecule has 0 fully saturated rings. The van der Waals surface area contributed by atoms with Crippen molar-refractivity contribution >= 4 is 10.0 Å². The number of sulfonamides is 1. The highest BCUT2D eigenvalue weighted by molar-refractivity contribution is 7.89. The summed E-state index contributed by atoms with van der Waals surface area (Å²) in [5.74, 6) is -0.456. The molecule has 0 unspecified atom stereocenters. The van der Waals surface area contributed by atoms with Crippen LogP contribution in [0.1, 0.15) is 23.6 Å². The van der Waals surface area contributed by atoms with Crippen molar-refractivity contribution in [2.45, 2.75) is 32.6 Å². The van der Waals surface area contributed by atoms with E-state index in [1.807, 2.05) is 0 Å². The number of aryl methyl sites for hydroxylation is 2. The van der Waals surface area contributed by atoms with Gasteiger partial charge in [0, 0.05) is 12.1 Å². The van der Waals surface area contributed by atoms with Crippen molar-refractivity contribution in [2.24, 2.45) is 0 Å². The van der Waals surface area contributed by atoms with E-state index in [2.05, 4.69) is 4.72 Å². The molecule has 1 N–H and O–H groups in total. The first kappa shape index (κ1) is 13.1. The Bertz CT molecular complexity index is 509. The summed E-state index contributed by atoms with van der Waals surface area (Å²) in [6.45, 7) is 6.76. The molecule has 1 rings (SSSR count). The van der Waals surface area contributed by atoms with Crippen LogP contribution in [0, 0.1) is 26.6 Å². The molecule has 0 bridgehead atoms. The average molecular weight is 245 g/mol. The molecule has 90 valence electrons. The molecule has 0 aliphatic rings. The molecule has 3 nitrogen and oxygen atoms in total. The second-order valence-electron chi connectivity index (χ2n) is 3.78. The molecule has 0 heterocycles. The second kappa shape index (κ2) is 4.51. The minimum absolute atomic E-state index is 0.0532. The fraction of sp³-hybridized carbons (Fsp3) is 0.455. The van der Waals surface area contributed by atoms with Crippen molar-refractivity contribution < 1.29 is 12.8 Å². The molecule has 0 aliphatic carbocycles. The Morgan fingerprint density at radius 1 is 1.25 bits per heavy atom. The van der Waals surface area contributed by atoms with Crippen LogP contribution >= 0.6 is 0 Å². The van der Waals surface area contributed by atoms with Crippen LogP contribution in [0.15, 0.2) is 11.0 Å². The summed E-state index contributed by atoms with van der Waals surface area (Å²) in [6, 6.07) is 1.55. The van der Waals surface area contributed by atoms with Crippen molar-refractivity contribution in [3.8, 4) is 0 Å². The molecule has 5 heteroatoms. The summed E-state index contributed by atoms with van der Waals surface area (Å²) in [5, 5.41) is 0. The maximum absolute atomic E-state index is 13.6. The number of benzene rings is 1. The highest BCUT2D eigenvalue weighted by Crippen LogP contribution is 2.24. The van der Waals surface area contributed by atoms with E-state index in [0.29, 0.717) is 11.1 Å². The van der Waals surface area contributed by atoms with Crippen LogP contribution in [0.4, 0.5) is 4.39 Å². The lowest BCUT2D eigenvalue weighted by Gasteiger charge is -2.13. The zero-order chi connectivity index (χ0) is 12.5. The van der Waals surface area contributed by atoms with E-state index in [-0.39, 0.29) is 17.0 Å². The molecule has 0 saturated heterocycles. The third kappa shape index (κ3) is 2.25. The lowest BCUT2D eigenvalue weighted by atomic mass is 10.1. The van der Waals surface area contributed by atoms with Gasteiger partial charge in [0.15, 0.2) is 0 Å². The normalized spacial score (nSPS) is 11.8. The predicted molar refractivity (Wildman–Crippen MR) is 61.5 cm³/mol. The third-order valence-corrected chi connectivity index (χ3v) is 4.24. The molecule has 1 aromatic rings. The van der Waals surface area contributed by atoms with Crippen LogP contribution in [-0.2, 0) is 10.0 Å². The van der Waals surface area contributed by atoms with E-state index in [1.165, 1.54) is 6.92 Å². The Balaban J connectivity index is 3.52. The van der Waals surface area contributed by atoms with Crippen LogP contribution in [0.5, 0.6) is 0 Å².